The summed E-state index contributed by atoms with van der Waals surface area (Å²) in [5, 5.41) is 17.5. The molecule has 126 valence electrons. The Hall–Kier alpha value is -0.260. The van der Waals surface area contributed by atoms with Crippen LogP contribution in [0.1, 0.15) is 27.2 Å². The molecule has 0 aliphatic rings. The van der Waals surface area contributed by atoms with Crippen LogP contribution in [0.4, 0.5) is 0 Å². The Bertz CT molecular complexity index is 369. The number of aliphatic hydroxyl groups is 2. The Morgan fingerprint density at radius 1 is 0.850 bits per heavy atom. The lowest BCUT2D eigenvalue weighted by atomic mass is 9.85. The topological polar surface area (TPSA) is 149 Å². The highest BCUT2D eigenvalue weighted by Crippen LogP contribution is 2.23. The fourth-order valence-electron chi connectivity index (χ4n) is 1.05. The molecule has 0 radical (unpaired) electrons. The highest BCUT2D eigenvalue weighted by molar-refractivity contribution is 7.85. The number of aliphatic hydroxyl groups excluding tert-OH is 2. The van der Waals surface area contributed by atoms with Crippen LogP contribution in [-0.4, -0.2) is 61.9 Å². The molecule has 0 aromatic carbocycles. The molecule has 0 unspecified atom stereocenters. The van der Waals surface area contributed by atoms with Crippen molar-refractivity contribution in [2.45, 2.75) is 27.2 Å². The highest BCUT2D eigenvalue weighted by Gasteiger charge is 2.16. The molecule has 0 fully saturated rings. The highest BCUT2D eigenvalue weighted by atomic mass is 32.2. The first-order valence-corrected chi connectivity index (χ1v) is 9.26. The Morgan fingerprint density at radius 2 is 1.05 bits per heavy atom. The molecule has 4 N–H and O–H groups in total. The quantitative estimate of drug-likeness (QED) is 0.527. The summed E-state index contributed by atoms with van der Waals surface area (Å²) in [6, 6.07) is 0. The molecule has 0 atom stereocenters. The van der Waals surface area contributed by atoms with E-state index in [-0.39, 0.29) is 24.5 Å². The van der Waals surface area contributed by atoms with Gasteiger partial charge in [-0.3, -0.25) is 9.11 Å². The first kappa shape index (κ1) is 24.7. The van der Waals surface area contributed by atoms with Crippen molar-refractivity contribution in [3.63, 3.8) is 0 Å². The van der Waals surface area contributed by atoms with Crippen LogP contribution in [-0.2, 0) is 20.2 Å². The van der Waals surface area contributed by atoms with Crippen molar-refractivity contribution in [3.05, 3.63) is 0 Å². The molecule has 10 heteroatoms. The van der Waals surface area contributed by atoms with Crippen LogP contribution in [0.2, 0.25) is 0 Å². The van der Waals surface area contributed by atoms with E-state index in [1.165, 1.54) is 0 Å². The van der Waals surface area contributed by atoms with E-state index in [0.717, 1.165) is 6.42 Å². The van der Waals surface area contributed by atoms with Crippen LogP contribution < -0.4 is 0 Å². The van der Waals surface area contributed by atoms with Crippen LogP contribution in [0.3, 0.4) is 0 Å². The standard InChI is InChI=1S/C8H18O2.2CH4O3S/c1-8(2,3)4-7(5-9)6-10;2*1-5(2,3)4/h7,9-10H,4-6H2,1-3H3;2*1H3,(H,2,3,4). The van der Waals surface area contributed by atoms with Gasteiger partial charge in [0, 0.05) is 19.1 Å². The molecule has 0 aliphatic carbocycles. The van der Waals surface area contributed by atoms with Crippen molar-refractivity contribution in [3.8, 4) is 0 Å². The third-order valence-corrected chi connectivity index (χ3v) is 1.42. The monoisotopic (exact) mass is 338 g/mol. The largest absolute Gasteiger partial charge is 0.396 e. The third-order valence-electron chi connectivity index (χ3n) is 1.42. The molecular weight excluding hydrogens is 312 g/mol. The summed E-state index contributed by atoms with van der Waals surface area (Å²) in [6.45, 7) is 6.49. The van der Waals surface area contributed by atoms with E-state index in [2.05, 4.69) is 20.8 Å². The summed E-state index contributed by atoms with van der Waals surface area (Å²) >= 11 is 0. The van der Waals surface area contributed by atoms with Gasteiger partial charge in [0.2, 0.25) is 0 Å². The molecule has 0 rings (SSSR count). The predicted octanol–water partition coefficient (Wildman–Crippen LogP) is 0.0314. The van der Waals surface area contributed by atoms with Gasteiger partial charge in [-0.05, 0) is 11.8 Å². The van der Waals surface area contributed by atoms with E-state index in [9.17, 15) is 16.8 Å². The second kappa shape index (κ2) is 10.5. The maximum absolute atomic E-state index is 9.19. The summed E-state index contributed by atoms with van der Waals surface area (Å²) in [6.07, 6.45) is 2.31. The fraction of sp³-hybridized carbons (Fsp3) is 1.00. The van der Waals surface area contributed by atoms with Gasteiger partial charge < -0.3 is 10.2 Å². The molecule has 0 spiro atoms. The SMILES string of the molecule is CC(C)(C)CC(CO)CO.CS(=O)(=O)O.CS(=O)(=O)O. The van der Waals surface area contributed by atoms with Gasteiger partial charge in [0.25, 0.3) is 20.2 Å². The van der Waals surface area contributed by atoms with Crippen LogP contribution in [0.25, 0.3) is 0 Å². The molecule has 0 saturated carbocycles. The lowest BCUT2D eigenvalue weighted by molar-refractivity contribution is 0.115. The van der Waals surface area contributed by atoms with Gasteiger partial charge in [-0.1, -0.05) is 20.8 Å². The van der Waals surface area contributed by atoms with E-state index in [1.807, 2.05) is 0 Å². The van der Waals surface area contributed by atoms with Crippen LogP contribution in [0.15, 0.2) is 0 Å². The van der Waals surface area contributed by atoms with Gasteiger partial charge in [-0.15, -0.1) is 0 Å². The average Bonchev–Trinajstić information content (AvgIpc) is 2.07. The molecule has 20 heavy (non-hydrogen) atoms. The lowest BCUT2D eigenvalue weighted by Crippen LogP contribution is -2.19. The summed E-state index contributed by atoms with van der Waals surface area (Å²) in [5.74, 6) is 0.0556. The van der Waals surface area contributed by atoms with Gasteiger partial charge in [0.1, 0.15) is 0 Å². The van der Waals surface area contributed by atoms with Crippen molar-refractivity contribution in [1.29, 1.82) is 0 Å². The number of hydrogen-bond acceptors (Lipinski definition) is 6. The fourth-order valence-corrected chi connectivity index (χ4v) is 1.05. The minimum absolute atomic E-state index is 0.0556. The molecule has 0 saturated heterocycles. The first-order valence-electron chi connectivity index (χ1n) is 5.56. The van der Waals surface area contributed by atoms with Crippen molar-refractivity contribution in [2.75, 3.05) is 25.7 Å². The Balaban J connectivity index is -0.000000244. The van der Waals surface area contributed by atoms with E-state index < -0.39 is 20.2 Å². The second-order valence-electron chi connectivity index (χ2n) is 5.46. The summed E-state index contributed by atoms with van der Waals surface area (Å²) in [4.78, 5) is 0. The van der Waals surface area contributed by atoms with Gasteiger partial charge >= 0.3 is 0 Å². The molecule has 0 aliphatic heterocycles. The minimum atomic E-state index is -3.67. The Kier molecular flexibility index (Phi) is 12.9. The number of hydrogen-bond donors (Lipinski definition) is 4. The Labute approximate surface area is 121 Å². The zero-order chi connectivity index (χ0) is 17.2. The zero-order valence-corrected chi connectivity index (χ0v) is 14.1. The van der Waals surface area contributed by atoms with Crippen molar-refractivity contribution in [1.82, 2.24) is 0 Å². The van der Waals surface area contributed by atoms with E-state index in [0.29, 0.717) is 12.5 Å². The minimum Gasteiger partial charge on any atom is -0.396 e. The van der Waals surface area contributed by atoms with Gasteiger partial charge in [-0.25, -0.2) is 0 Å². The zero-order valence-electron chi connectivity index (χ0n) is 12.4. The lowest BCUT2D eigenvalue weighted by Gasteiger charge is -2.22. The van der Waals surface area contributed by atoms with Crippen molar-refractivity contribution >= 4 is 20.2 Å². The van der Waals surface area contributed by atoms with E-state index in [4.69, 9.17) is 19.3 Å². The summed E-state index contributed by atoms with van der Waals surface area (Å²) < 4.78 is 51.7. The van der Waals surface area contributed by atoms with Gasteiger partial charge in [-0.2, -0.15) is 16.8 Å². The molecule has 0 bridgehead atoms. The molecule has 0 amide bonds. The first-order chi connectivity index (χ1) is 8.49. The maximum atomic E-state index is 9.19. The molecule has 0 aromatic rings. The summed E-state index contributed by atoms with van der Waals surface area (Å²) in [7, 11) is -7.33. The molecule has 0 aromatic heterocycles. The third kappa shape index (κ3) is 65.1. The maximum Gasteiger partial charge on any atom is 0.261 e. The molecule has 0 heterocycles. The van der Waals surface area contributed by atoms with Gasteiger partial charge in [0.05, 0.1) is 12.5 Å². The number of rotatable bonds is 3. The Morgan fingerprint density at radius 3 is 1.10 bits per heavy atom. The predicted molar refractivity (Wildman–Crippen MR) is 76.7 cm³/mol. The van der Waals surface area contributed by atoms with Crippen LogP contribution in [0.5, 0.6) is 0 Å². The van der Waals surface area contributed by atoms with E-state index in [1.54, 1.807) is 0 Å². The molecule has 8 nitrogen and oxygen atoms in total. The summed E-state index contributed by atoms with van der Waals surface area (Å²) in [5.41, 5.74) is 0.204. The van der Waals surface area contributed by atoms with Crippen LogP contribution in [0, 0.1) is 11.3 Å². The van der Waals surface area contributed by atoms with Crippen LogP contribution >= 0.6 is 0 Å². The van der Waals surface area contributed by atoms with Crippen molar-refractivity contribution in [2.24, 2.45) is 11.3 Å². The average molecular weight is 338 g/mol. The smallest absolute Gasteiger partial charge is 0.261 e. The van der Waals surface area contributed by atoms with Crippen molar-refractivity contribution < 1.29 is 36.2 Å². The molecular formula is C10H26O8S2. The normalized spacial score (nSPS) is 12.1. The second-order valence-corrected chi connectivity index (χ2v) is 8.39. The van der Waals surface area contributed by atoms with E-state index >= 15 is 0 Å². The van der Waals surface area contributed by atoms with Gasteiger partial charge in [0.15, 0.2) is 0 Å².